The number of aliphatic carboxylic acids is 1. The Balaban J connectivity index is 2.83. The highest BCUT2D eigenvalue weighted by atomic mass is 16.4. The summed E-state index contributed by atoms with van der Waals surface area (Å²) in [6, 6.07) is -1.19. The topological polar surface area (TPSA) is 121 Å². The van der Waals surface area contributed by atoms with Crippen molar-refractivity contribution in [2.24, 2.45) is 5.73 Å². The fourth-order valence-electron chi connectivity index (χ4n) is 1.16. The van der Waals surface area contributed by atoms with Crippen LogP contribution in [0.25, 0.3) is 0 Å². The predicted octanol–water partition coefficient (Wildman–Crippen LogP) is -0.900. The number of allylic oxidation sites excluding steroid dienone is 1. The molecule has 0 saturated heterocycles. The predicted molar refractivity (Wildman–Crippen MR) is 50.0 cm³/mol. The molecule has 0 spiro atoms. The van der Waals surface area contributed by atoms with Gasteiger partial charge in [0.1, 0.15) is 12.1 Å². The number of ketones is 1. The zero-order chi connectivity index (χ0) is 11.6. The number of carboxylic acids is 1. The molecule has 0 fully saturated rings. The lowest BCUT2D eigenvalue weighted by Gasteiger charge is -2.15. The molecule has 0 bridgehead atoms. The van der Waals surface area contributed by atoms with Crippen molar-refractivity contribution in [3.05, 3.63) is 23.5 Å². The van der Waals surface area contributed by atoms with Crippen LogP contribution in [0, 0.1) is 0 Å². The molecule has 82 valence electrons. The van der Waals surface area contributed by atoms with Crippen LogP contribution in [0.2, 0.25) is 0 Å². The van der Waals surface area contributed by atoms with Gasteiger partial charge in [-0.3, -0.25) is 9.59 Å². The van der Waals surface area contributed by atoms with Gasteiger partial charge in [0.05, 0.1) is 0 Å². The Bertz CT molecular complexity index is 358. The Labute approximate surface area is 85.3 Å². The van der Waals surface area contributed by atoms with E-state index in [1.54, 1.807) is 0 Å². The smallest absolute Gasteiger partial charge is 0.320 e. The second-order valence-electron chi connectivity index (χ2n) is 3.19. The van der Waals surface area contributed by atoms with Crippen LogP contribution in [0.5, 0.6) is 0 Å². The highest BCUT2D eigenvalue weighted by Crippen LogP contribution is 2.18. The van der Waals surface area contributed by atoms with E-state index in [0.29, 0.717) is 0 Å². The van der Waals surface area contributed by atoms with Gasteiger partial charge in [0, 0.05) is 6.42 Å². The minimum absolute atomic E-state index is 0.125. The fourth-order valence-corrected chi connectivity index (χ4v) is 1.16. The van der Waals surface area contributed by atoms with E-state index in [9.17, 15) is 14.7 Å². The Hall–Kier alpha value is -1.66. The molecular formula is C9H11NO5. The van der Waals surface area contributed by atoms with Crippen molar-refractivity contribution in [3.8, 4) is 0 Å². The third-order valence-electron chi connectivity index (χ3n) is 2.04. The number of nitrogens with two attached hydrogens (primary N) is 1. The Morgan fingerprint density at radius 2 is 2.20 bits per heavy atom. The van der Waals surface area contributed by atoms with Crippen molar-refractivity contribution in [3.63, 3.8) is 0 Å². The van der Waals surface area contributed by atoms with Gasteiger partial charge in [0.25, 0.3) is 0 Å². The highest BCUT2D eigenvalue weighted by molar-refractivity contribution is 6.00. The van der Waals surface area contributed by atoms with Crippen molar-refractivity contribution >= 4 is 11.8 Å². The van der Waals surface area contributed by atoms with Gasteiger partial charge in [-0.05, 0) is 11.6 Å². The number of Topliss-reactive ketones (excluding diaryl/α,β-unsaturated/α-hetero) is 1. The van der Waals surface area contributed by atoms with E-state index in [4.69, 9.17) is 15.9 Å². The molecular weight excluding hydrogens is 202 g/mol. The zero-order valence-corrected chi connectivity index (χ0v) is 7.75. The number of carboxylic acid groups (broad SMARTS) is 1. The van der Waals surface area contributed by atoms with Crippen LogP contribution >= 0.6 is 0 Å². The largest absolute Gasteiger partial charge is 0.504 e. The minimum Gasteiger partial charge on any atom is -0.504 e. The van der Waals surface area contributed by atoms with Crippen LogP contribution in [0.3, 0.4) is 0 Å². The second-order valence-corrected chi connectivity index (χ2v) is 3.19. The second kappa shape index (κ2) is 4.24. The number of rotatable bonds is 3. The molecule has 0 heterocycles. The molecule has 0 aromatic carbocycles. The molecule has 1 rings (SSSR count). The molecule has 0 aromatic rings. The number of hydrogen-bond donors (Lipinski definition) is 4. The Morgan fingerprint density at radius 3 is 2.73 bits per heavy atom. The van der Waals surface area contributed by atoms with E-state index in [-0.39, 0.29) is 12.0 Å². The van der Waals surface area contributed by atoms with Gasteiger partial charge in [0.2, 0.25) is 5.78 Å². The molecule has 2 unspecified atom stereocenters. The normalized spacial score (nSPS) is 23.1. The van der Waals surface area contributed by atoms with Crippen LogP contribution in [0.1, 0.15) is 6.42 Å². The van der Waals surface area contributed by atoms with E-state index < -0.39 is 29.7 Å². The maximum absolute atomic E-state index is 11.1. The first-order valence-electron chi connectivity index (χ1n) is 4.24. The van der Waals surface area contributed by atoms with Crippen molar-refractivity contribution in [2.75, 3.05) is 0 Å². The molecule has 5 N–H and O–H groups in total. The number of aliphatic hydroxyl groups is 2. The van der Waals surface area contributed by atoms with Crippen LogP contribution in [0.4, 0.5) is 0 Å². The molecule has 1 aliphatic carbocycles. The summed E-state index contributed by atoms with van der Waals surface area (Å²) in [5, 5.41) is 26.9. The summed E-state index contributed by atoms with van der Waals surface area (Å²) in [4.78, 5) is 21.5. The zero-order valence-electron chi connectivity index (χ0n) is 7.75. The fraction of sp³-hybridized carbons (Fsp3) is 0.333. The van der Waals surface area contributed by atoms with Gasteiger partial charge in [-0.2, -0.15) is 0 Å². The average molecular weight is 213 g/mol. The molecule has 6 nitrogen and oxygen atoms in total. The lowest BCUT2D eigenvalue weighted by molar-refractivity contribution is -0.138. The van der Waals surface area contributed by atoms with Gasteiger partial charge in [0.15, 0.2) is 5.76 Å². The summed E-state index contributed by atoms with van der Waals surface area (Å²) < 4.78 is 0. The average Bonchev–Trinajstić information content (AvgIpc) is 2.18. The SMILES string of the molecule is NC(CC1=C(O)C(=O)C(O)C=C1)C(=O)O. The van der Waals surface area contributed by atoms with Crippen LogP contribution in [0.15, 0.2) is 23.5 Å². The number of aliphatic hydroxyl groups excluding tert-OH is 2. The maximum atomic E-state index is 11.1. The van der Waals surface area contributed by atoms with Crippen molar-refractivity contribution in [2.45, 2.75) is 18.6 Å². The molecule has 0 radical (unpaired) electrons. The Kier molecular flexibility index (Phi) is 3.23. The van der Waals surface area contributed by atoms with Crippen LogP contribution in [-0.2, 0) is 9.59 Å². The molecule has 0 aliphatic heterocycles. The summed E-state index contributed by atoms with van der Waals surface area (Å²) in [5.41, 5.74) is 5.36. The summed E-state index contributed by atoms with van der Waals surface area (Å²) in [6.07, 6.45) is 0.946. The molecule has 2 atom stereocenters. The standard InChI is InChI=1S/C9H11NO5/c10-5(9(14)15)3-4-1-2-6(11)8(13)7(4)12/h1-2,5-6,11-12H,3,10H2,(H,14,15). The van der Waals surface area contributed by atoms with Crippen molar-refractivity contribution in [1.82, 2.24) is 0 Å². The maximum Gasteiger partial charge on any atom is 0.320 e. The molecule has 0 saturated carbocycles. The summed E-state index contributed by atoms with van der Waals surface area (Å²) in [7, 11) is 0. The summed E-state index contributed by atoms with van der Waals surface area (Å²) in [5.74, 6) is -2.69. The number of carbonyl (C=O) groups is 2. The lowest BCUT2D eigenvalue weighted by Crippen LogP contribution is -2.32. The van der Waals surface area contributed by atoms with Gasteiger partial charge >= 0.3 is 5.97 Å². The van der Waals surface area contributed by atoms with E-state index in [1.807, 2.05) is 0 Å². The minimum atomic E-state index is -1.37. The summed E-state index contributed by atoms with van der Waals surface area (Å²) in [6.45, 7) is 0. The van der Waals surface area contributed by atoms with E-state index in [1.165, 1.54) is 12.2 Å². The number of hydrogen-bond acceptors (Lipinski definition) is 5. The quantitative estimate of drug-likeness (QED) is 0.482. The molecule has 0 aromatic heterocycles. The molecule has 15 heavy (non-hydrogen) atoms. The molecule has 1 aliphatic rings. The number of carbonyl (C=O) groups excluding carboxylic acids is 1. The van der Waals surface area contributed by atoms with Crippen molar-refractivity contribution in [1.29, 1.82) is 0 Å². The third kappa shape index (κ3) is 2.42. The first-order chi connectivity index (χ1) is 6.93. The lowest BCUT2D eigenvalue weighted by atomic mass is 9.96. The summed E-state index contributed by atoms with van der Waals surface area (Å²) >= 11 is 0. The van der Waals surface area contributed by atoms with E-state index in [2.05, 4.69) is 0 Å². The highest BCUT2D eigenvalue weighted by Gasteiger charge is 2.25. The van der Waals surface area contributed by atoms with Gasteiger partial charge < -0.3 is 21.1 Å². The van der Waals surface area contributed by atoms with Crippen LogP contribution < -0.4 is 5.73 Å². The first-order valence-corrected chi connectivity index (χ1v) is 4.24. The molecule has 0 amide bonds. The van der Waals surface area contributed by atoms with Gasteiger partial charge in [-0.1, -0.05) is 6.08 Å². The van der Waals surface area contributed by atoms with Gasteiger partial charge in [-0.15, -0.1) is 0 Å². The monoisotopic (exact) mass is 213 g/mol. The Morgan fingerprint density at radius 1 is 1.60 bits per heavy atom. The van der Waals surface area contributed by atoms with Gasteiger partial charge in [-0.25, -0.2) is 0 Å². The van der Waals surface area contributed by atoms with E-state index in [0.717, 1.165) is 0 Å². The third-order valence-corrected chi connectivity index (χ3v) is 2.04. The first kappa shape index (κ1) is 11.4. The molecule has 6 heteroatoms. The van der Waals surface area contributed by atoms with Crippen LogP contribution in [-0.4, -0.2) is 39.2 Å². The van der Waals surface area contributed by atoms with Crippen molar-refractivity contribution < 1.29 is 24.9 Å². The van der Waals surface area contributed by atoms with E-state index >= 15 is 0 Å².